The van der Waals surface area contributed by atoms with Gasteiger partial charge in [0.1, 0.15) is 10.8 Å². The molecule has 2 aromatic carbocycles. The second kappa shape index (κ2) is 12.3. The molecule has 11 heteroatoms. The highest BCUT2D eigenvalue weighted by Gasteiger charge is 2.34. The largest absolute Gasteiger partial charge is 0.448 e. The molecule has 5 rings (SSSR count). The third kappa shape index (κ3) is 6.63. The molecule has 1 aromatic heterocycles. The first kappa shape index (κ1) is 29.3. The number of nitrogens with zero attached hydrogens (tertiary/aromatic N) is 3. The first-order chi connectivity index (χ1) is 20.1. The van der Waals surface area contributed by atoms with Crippen LogP contribution in [0.5, 0.6) is 0 Å². The SMILES string of the molecule is Cc1cc2c(s1)Nc1ccccc1N=C2N1CC[N+](C)(COC(=O)C(C)OC(=O)[C@H](C)OC(=O)c2ccccc2)CC1. The molecule has 3 aromatic rings. The zero-order chi connectivity index (χ0) is 29.9. The van der Waals surface area contributed by atoms with Gasteiger partial charge >= 0.3 is 17.9 Å². The number of anilines is 2. The lowest BCUT2D eigenvalue weighted by Gasteiger charge is -2.42. The molecule has 0 spiro atoms. The quantitative estimate of drug-likeness (QED) is 0.241. The van der Waals surface area contributed by atoms with E-state index in [4.69, 9.17) is 19.2 Å². The lowest BCUT2D eigenvalue weighted by molar-refractivity contribution is -0.929. The van der Waals surface area contributed by atoms with Gasteiger partial charge < -0.3 is 24.4 Å². The number of benzene rings is 2. The highest BCUT2D eigenvalue weighted by molar-refractivity contribution is 7.16. The van der Waals surface area contributed by atoms with Gasteiger partial charge in [-0.05, 0) is 51.1 Å². The number of aliphatic imine (C=N–C) groups is 1. The number of fused-ring (bicyclic) bond motifs is 2. The third-order valence-electron chi connectivity index (χ3n) is 7.36. The van der Waals surface area contributed by atoms with Crippen molar-refractivity contribution < 1.29 is 33.1 Å². The van der Waals surface area contributed by atoms with Gasteiger partial charge in [0.2, 0.25) is 6.73 Å². The Morgan fingerprint density at radius 3 is 2.38 bits per heavy atom. The molecule has 1 unspecified atom stereocenters. The van der Waals surface area contributed by atoms with Crippen LogP contribution in [0.1, 0.15) is 34.6 Å². The first-order valence-electron chi connectivity index (χ1n) is 13.9. The molecule has 2 aliphatic rings. The topological polar surface area (TPSA) is 107 Å². The number of aryl methyl sites for hydroxylation is 1. The minimum atomic E-state index is -1.17. The molecule has 0 amide bonds. The number of hydrogen-bond acceptors (Lipinski definition) is 10. The van der Waals surface area contributed by atoms with Crippen LogP contribution in [-0.4, -0.2) is 85.3 Å². The Hall–Kier alpha value is -4.22. The normalized spacial score (nSPS) is 16.9. The average molecular weight is 592 g/mol. The Morgan fingerprint density at radius 2 is 1.64 bits per heavy atom. The van der Waals surface area contributed by atoms with Crippen molar-refractivity contribution >= 4 is 51.5 Å². The number of thiophene rings is 1. The van der Waals surface area contributed by atoms with Gasteiger partial charge in [-0.1, -0.05) is 30.3 Å². The van der Waals surface area contributed by atoms with Crippen molar-refractivity contribution in [2.24, 2.45) is 4.99 Å². The number of esters is 3. The molecular weight excluding hydrogens is 556 g/mol. The first-order valence-corrected chi connectivity index (χ1v) is 14.7. The summed E-state index contributed by atoms with van der Waals surface area (Å²) in [6, 6.07) is 18.6. The molecule has 1 N–H and O–H groups in total. The van der Waals surface area contributed by atoms with E-state index in [0.717, 1.165) is 54.0 Å². The Morgan fingerprint density at radius 1 is 0.976 bits per heavy atom. The van der Waals surface area contributed by atoms with Crippen LogP contribution < -0.4 is 5.32 Å². The van der Waals surface area contributed by atoms with Crippen molar-refractivity contribution in [3.8, 4) is 0 Å². The van der Waals surface area contributed by atoms with Crippen molar-refractivity contribution in [2.75, 3.05) is 45.3 Å². The number of ether oxygens (including phenoxy) is 3. The fraction of sp³-hybridized carbons (Fsp3) is 0.355. The molecule has 2 atom stereocenters. The molecule has 0 bridgehead atoms. The Labute approximate surface area is 249 Å². The number of carbonyl (C=O) groups excluding carboxylic acids is 3. The Balaban J connectivity index is 1.13. The summed E-state index contributed by atoms with van der Waals surface area (Å²) in [6.07, 6.45) is -2.32. The van der Waals surface area contributed by atoms with E-state index in [2.05, 4.69) is 23.2 Å². The van der Waals surface area contributed by atoms with Gasteiger partial charge in [-0.2, -0.15) is 0 Å². The summed E-state index contributed by atoms with van der Waals surface area (Å²) >= 11 is 1.72. The molecular formula is C31H35N4O6S+. The standard InChI is InChI=1S/C31H35N4O6S/c1-20-18-24-27(32-25-12-8-9-13-26(25)33-28(24)42-20)34-14-16-35(4,17-15-34)19-39-29(36)21(2)40-30(37)22(3)41-31(38)23-10-6-5-7-11-23/h5-13,18,21-22,33H,14-17,19H2,1-4H3/q+1/t21?,22-/m0/s1. The van der Waals surface area contributed by atoms with Crippen molar-refractivity contribution in [1.82, 2.24) is 4.90 Å². The molecule has 1 saturated heterocycles. The van der Waals surface area contributed by atoms with Gasteiger partial charge in [0.25, 0.3) is 0 Å². The number of rotatable bonds is 7. The van der Waals surface area contributed by atoms with Crippen LogP contribution in [-0.2, 0) is 23.8 Å². The van der Waals surface area contributed by atoms with Crippen LogP contribution in [0.3, 0.4) is 0 Å². The fourth-order valence-corrected chi connectivity index (χ4v) is 5.70. The fourth-order valence-electron chi connectivity index (χ4n) is 4.78. The molecule has 0 aliphatic carbocycles. The lowest BCUT2D eigenvalue weighted by atomic mass is 10.2. The van der Waals surface area contributed by atoms with Crippen LogP contribution in [0.4, 0.5) is 16.4 Å². The lowest BCUT2D eigenvalue weighted by Crippen LogP contribution is -2.59. The summed E-state index contributed by atoms with van der Waals surface area (Å²) in [5.41, 5.74) is 3.30. The predicted octanol–water partition coefficient (Wildman–Crippen LogP) is 4.63. The van der Waals surface area contributed by atoms with E-state index < -0.39 is 30.1 Å². The zero-order valence-electron chi connectivity index (χ0n) is 24.2. The number of quaternary nitrogens is 1. The average Bonchev–Trinajstić information content (AvgIpc) is 3.28. The van der Waals surface area contributed by atoms with E-state index in [-0.39, 0.29) is 6.73 Å². The van der Waals surface area contributed by atoms with Crippen LogP contribution >= 0.6 is 11.3 Å². The molecule has 0 saturated carbocycles. The number of nitrogens with one attached hydrogen (secondary N) is 1. The van der Waals surface area contributed by atoms with Crippen molar-refractivity contribution in [3.05, 3.63) is 76.7 Å². The summed E-state index contributed by atoms with van der Waals surface area (Å²) in [5.74, 6) is -1.17. The minimum absolute atomic E-state index is 0.146. The number of para-hydroxylation sites is 2. The van der Waals surface area contributed by atoms with Crippen molar-refractivity contribution in [2.45, 2.75) is 33.0 Å². The monoisotopic (exact) mass is 591 g/mol. The van der Waals surface area contributed by atoms with Crippen molar-refractivity contribution in [1.29, 1.82) is 0 Å². The highest BCUT2D eigenvalue weighted by atomic mass is 32.1. The second-order valence-corrected chi connectivity index (χ2v) is 12.1. The maximum atomic E-state index is 12.7. The zero-order valence-corrected chi connectivity index (χ0v) is 25.0. The van der Waals surface area contributed by atoms with E-state index in [9.17, 15) is 14.4 Å². The summed E-state index contributed by atoms with van der Waals surface area (Å²) in [4.78, 5) is 45.9. The molecule has 2 aliphatic heterocycles. The number of hydrogen-bond donors (Lipinski definition) is 1. The summed E-state index contributed by atoms with van der Waals surface area (Å²) in [6.45, 7) is 8.03. The molecule has 10 nitrogen and oxygen atoms in total. The highest BCUT2D eigenvalue weighted by Crippen LogP contribution is 2.39. The summed E-state index contributed by atoms with van der Waals surface area (Å²) in [7, 11) is 2.04. The van der Waals surface area contributed by atoms with E-state index in [1.54, 1.807) is 41.7 Å². The van der Waals surface area contributed by atoms with Crippen LogP contribution in [0.25, 0.3) is 0 Å². The minimum Gasteiger partial charge on any atom is -0.448 e. The van der Waals surface area contributed by atoms with Gasteiger partial charge in [-0.25, -0.2) is 19.4 Å². The summed E-state index contributed by atoms with van der Waals surface area (Å²) in [5, 5.41) is 4.63. The van der Waals surface area contributed by atoms with E-state index in [0.29, 0.717) is 10.0 Å². The maximum absolute atomic E-state index is 12.7. The van der Waals surface area contributed by atoms with E-state index in [1.807, 2.05) is 31.3 Å². The predicted molar refractivity (Wildman–Crippen MR) is 160 cm³/mol. The summed E-state index contributed by atoms with van der Waals surface area (Å²) < 4.78 is 16.5. The van der Waals surface area contributed by atoms with Crippen LogP contribution in [0.15, 0.2) is 65.7 Å². The van der Waals surface area contributed by atoms with Gasteiger partial charge in [-0.15, -0.1) is 11.3 Å². The Kier molecular flexibility index (Phi) is 8.60. The number of carbonyl (C=O) groups is 3. The van der Waals surface area contributed by atoms with Gasteiger partial charge in [0.15, 0.2) is 12.2 Å². The second-order valence-electron chi connectivity index (χ2n) is 10.8. The molecule has 42 heavy (non-hydrogen) atoms. The van der Waals surface area contributed by atoms with Crippen LogP contribution in [0.2, 0.25) is 0 Å². The maximum Gasteiger partial charge on any atom is 0.351 e. The number of amidine groups is 1. The van der Waals surface area contributed by atoms with Crippen molar-refractivity contribution in [3.63, 3.8) is 0 Å². The number of piperazine rings is 1. The molecule has 1 fully saturated rings. The molecule has 0 radical (unpaired) electrons. The molecule has 220 valence electrons. The van der Waals surface area contributed by atoms with Gasteiger partial charge in [-0.3, -0.25) is 4.48 Å². The third-order valence-corrected chi connectivity index (χ3v) is 8.33. The van der Waals surface area contributed by atoms with Gasteiger partial charge in [0, 0.05) is 4.88 Å². The van der Waals surface area contributed by atoms with Gasteiger partial charge in [0.05, 0.1) is 55.7 Å². The van der Waals surface area contributed by atoms with Crippen LogP contribution in [0, 0.1) is 6.92 Å². The van der Waals surface area contributed by atoms with E-state index in [1.165, 1.54) is 18.7 Å². The van der Waals surface area contributed by atoms with E-state index >= 15 is 0 Å². The molecule has 3 heterocycles. The number of likely N-dealkylation sites (N-methyl/N-ethyl adjacent to an activating group) is 1. The Bertz CT molecular complexity index is 1500. The smallest absolute Gasteiger partial charge is 0.351 e.